The van der Waals surface area contributed by atoms with Crippen molar-refractivity contribution in [1.29, 1.82) is 0 Å². The molecule has 0 aliphatic carbocycles. The van der Waals surface area contributed by atoms with Gasteiger partial charge in [-0.1, -0.05) is 24.6 Å². The summed E-state index contributed by atoms with van der Waals surface area (Å²) in [6.45, 7) is 4.98. The lowest BCUT2D eigenvalue weighted by Gasteiger charge is -2.26. The molecule has 27 heavy (non-hydrogen) atoms. The van der Waals surface area contributed by atoms with Crippen LogP contribution >= 0.6 is 11.6 Å². The first kappa shape index (κ1) is 19.1. The Hall–Kier alpha value is -2.64. The van der Waals surface area contributed by atoms with Gasteiger partial charge in [0.15, 0.2) is 5.76 Å². The number of amides is 1. The predicted octanol–water partition coefficient (Wildman–Crippen LogP) is 4.22. The summed E-state index contributed by atoms with van der Waals surface area (Å²) in [4.78, 5) is 14.6. The number of benzene rings is 1. The van der Waals surface area contributed by atoms with Crippen LogP contribution in [0, 0.1) is 0 Å². The fraction of sp³-hybridized carbons (Fsp3) is 0.316. The second-order valence-electron chi connectivity index (χ2n) is 6.12. The van der Waals surface area contributed by atoms with Crippen molar-refractivity contribution in [2.75, 3.05) is 11.9 Å². The third kappa shape index (κ3) is 4.96. The standard InChI is InChI=1S/C19H21ClN4O3/c1-3-9-24(12-17-22-23-19(27-17)16-8-5-10-26-16)13(2)18(25)21-15-7-4-6-14(20)11-15/h4-8,10-11,13H,3,9,12H2,1-2H3,(H,21,25)/t13-/m0/s1. The SMILES string of the molecule is CCCN(Cc1nnc(-c2ccco2)o1)[C@@H](C)C(=O)Nc1cccc(Cl)c1. The summed E-state index contributed by atoms with van der Waals surface area (Å²) in [5.74, 6) is 1.14. The molecule has 0 bridgehead atoms. The van der Waals surface area contributed by atoms with Gasteiger partial charge >= 0.3 is 0 Å². The monoisotopic (exact) mass is 388 g/mol. The summed E-state index contributed by atoms with van der Waals surface area (Å²) < 4.78 is 10.9. The van der Waals surface area contributed by atoms with E-state index in [4.69, 9.17) is 20.4 Å². The zero-order valence-electron chi connectivity index (χ0n) is 15.2. The fourth-order valence-corrected chi connectivity index (χ4v) is 2.86. The van der Waals surface area contributed by atoms with Crippen LogP contribution in [0.2, 0.25) is 5.02 Å². The van der Waals surface area contributed by atoms with E-state index in [-0.39, 0.29) is 11.9 Å². The minimum atomic E-state index is -0.386. The fourth-order valence-electron chi connectivity index (χ4n) is 2.67. The third-order valence-electron chi connectivity index (χ3n) is 4.07. The van der Waals surface area contributed by atoms with Crippen molar-refractivity contribution in [3.05, 3.63) is 53.6 Å². The molecular formula is C19H21ClN4O3. The second kappa shape index (κ2) is 8.83. The largest absolute Gasteiger partial charge is 0.459 e. The van der Waals surface area contributed by atoms with Crippen LogP contribution in [0.3, 0.4) is 0 Å². The average molecular weight is 389 g/mol. The first-order valence-corrected chi connectivity index (χ1v) is 9.11. The molecule has 0 fully saturated rings. The number of halogens is 1. The van der Waals surface area contributed by atoms with Gasteiger partial charge in [0.1, 0.15) is 0 Å². The van der Waals surface area contributed by atoms with Crippen molar-refractivity contribution in [2.45, 2.75) is 32.9 Å². The summed E-state index contributed by atoms with van der Waals surface area (Å²) in [7, 11) is 0. The maximum Gasteiger partial charge on any atom is 0.283 e. The molecule has 8 heteroatoms. The van der Waals surface area contributed by atoms with Gasteiger partial charge in [-0.05, 0) is 50.2 Å². The highest BCUT2D eigenvalue weighted by Gasteiger charge is 2.23. The maximum atomic E-state index is 12.6. The second-order valence-corrected chi connectivity index (χ2v) is 6.56. The summed E-state index contributed by atoms with van der Waals surface area (Å²) in [6, 6.07) is 10.2. The zero-order chi connectivity index (χ0) is 19.2. The van der Waals surface area contributed by atoms with Crippen LogP contribution < -0.4 is 5.32 Å². The van der Waals surface area contributed by atoms with Crippen LogP contribution in [-0.4, -0.2) is 33.6 Å². The van der Waals surface area contributed by atoms with Crippen molar-refractivity contribution in [2.24, 2.45) is 0 Å². The zero-order valence-corrected chi connectivity index (χ0v) is 15.9. The summed E-state index contributed by atoms with van der Waals surface area (Å²) >= 11 is 5.98. The molecule has 0 radical (unpaired) electrons. The van der Waals surface area contributed by atoms with E-state index in [1.807, 2.05) is 11.8 Å². The minimum Gasteiger partial charge on any atom is -0.459 e. The Balaban J connectivity index is 1.67. The number of nitrogens with one attached hydrogen (secondary N) is 1. The van der Waals surface area contributed by atoms with Crippen molar-refractivity contribution < 1.29 is 13.6 Å². The Labute approximate surface area is 162 Å². The highest BCUT2D eigenvalue weighted by atomic mass is 35.5. The molecular weight excluding hydrogens is 368 g/mol. The summed E-state index contributed by atoms with van der Waals surface area (Å²) in [6.07, 6.45) is 2.43. The van der Waals surface area contributed by atoms with E-state index in [2.05, 4.69) is 22.4 Å². The highest BCUT2D eigenvalue weighted by molar-refractivity contribution is 6.30. The van der Waals surface area contributed by atoms with Gasteiger partial charge in [0.2, 0.25) is 11.8 Å². The molecule has 7 nitrogen and oxygen atoms in total. The number of hydrogen-bond donors (Lipinski definition) is 1. The van der Waals surface area contributed by atoms with Gasteiger partial charge in [-0.3, -0.25) is 9.69 Å². The van der Waals surface area contributed by atoms with Crippen LogP contribution in [0.4, 0.5) is 5.69 Å². The van der Waals surface area contributed by atoms with E-state index < -0.39 is 0 Å². The van der Waals surface area contributed by atoms with Crippen LogP contribution in [0.25, 0.3) is 11.7 Å². The molecule has 3 rings (SSSR count). The number of rotatable bonds is 8. The molecule has 1 amide bonds. The first-order valence-electron chi connectivity index (χ1n) is 8.73. The summed E-state index contributed by atoms with van der Waals surface area (Å²) in [5.41, 5.74) is 0.661. The lowest BCUT2D eigenvalue weighted by molar-refractivity contribution is -0.121. The molecule has 0 spiro atoms. The number of carbonyl (C=O) groups is 1. The molecule has 3 aromatic rings. The van der Waals surface area contributed by atoms with E-state index >= 15 is 0 Å². The quantitative estimate of drug-likeness (QED) is 0.621. The highest BCUT2D eigenvalue weighted by Crippen LogP contribution is 2.20. The van der Waals surface area contributed by atoms with Crippen LogP contribution in [0.15, 0.2) is 51.5 Å². The van der Waals surface area contributed by atoms with Crippen molar-refractivity contribution in [3.8, 4) is 11.7 Å². The molecule has 0 aliphatic heterocycles. The van der Waals surface area contributed by atoms with Gasteiger partial charge < -0.3 is 14.2 Å². The van der Waals surface area contributed by atoms with Crippen molar-refractivity contribution >= 4 is 23.2 Å². The molecule has 142 valence electrons. The van der Waals surface area contributed by atoms with Gasteiger partial charge in [0, 0.05) is 10.7 Å². The predicted molar refractivity (Wildman–Crippen MR) is 102 cm³/mol. The van der Waals surface area contributed by atoms with Gasteiger partial charge in [-0.25, -0.2) is 0 Å². The Bertz CT molecular complexity index is 879. The molecule has 1 atom stereocenters. The van der Waals surface area contributed by atoms with Crippen LogP contribution in [-0.2, 0) is 11.3 Å². The van der Waals surface area contributed by atoms with Crippen molar-refractivity contribution in [1.82, 2.24) is 15.1 Å². The van der Waals surface area contributed by atoms with Gasteiger partial charge in [0.25, 0.3) is 5.89 Å². The number of nitrogens with zero attached hydrogens (tertiary/aromatic N) is 3. The van der Waals surface area contributed by atoms with Crippen molar-refractivity contribution in [3.63, 3.8) is 0 Å². The average Bonchev–Trinajstić information content (AvgIpc) is 3.32. The van der Waals surface area contributed by atoms with E-state index in [1.54, 1.807) is 42.7 Å². The maximum absolute atomic E-state index is 12.6. The Morgan fingerprint density at radius 3 is 2.85 bits per heavy atom. The van der Waals surface area contributed by atoms with Gasteiger partial charge in [-0.15, -0.1) is 10.2 Å². The molecule has 1 N–H and O–H groups in total. The normalized spacial score (nSPS) is 12.3. The molecule has 2 aromatic heterocycles. The Kier molecular flexibility index (Phi) is 6.26. The lowest BCUT2D eigenvalue weighted by atomic mass is 10.2. The number of aromatic nitrogens is 2. The number of anilines is 1. The number of hydrogen-bond acceptors (Lipinski definition) is 6. The van der Waals surface area contributed by atoms with Gasteiger partial charge in [-0.2, -0.15) is 0 Å². The smallest absolute Gasteiger partial charge is 0.283 e. The topological polar surface area (TPSA) is 84.4 Å². The number of carbonyl (C=O) groups excluding carboxylic acids is 1. The van der Waals surface area contributed by atoms with E-state index in [9.17, 15) is 4.79 Å². The van der Waals surface area contributed by atoms with Crippen LogP contribution in [0.5, 0.6) is 0 Å². The minimum absolute atomic E-state index is 0.128. The molecule has 0 unspecified atom stereocenters. The van der Waals surface area contributed by atoms with Gasteiger partial charge in [0.05, 0.1) is 18.8 Å². The summed E-state index contributed by atoms with van der Waals surface area (Å²) in [5, 5.41) is 11.5. The molecule has 2 heterocycles. The molecule has 1 aromatic carbocycles. The van der Waals surface area contributed by atoms with E-state index in [1.165, 1.54) is 0 Å². The molecule has 0 saturated carbocycles. The molecule has 0 saturated heterocycles. The van der Waals surface area contributed by atoms with Crippen LogP contribution in [0.1, 0.15) is 26.2 Å². The Morgan fingerprint density at radius 1 is 1.30 bits per heavy atom. The number of furan rings is 1. The Morgan fingerprint density at radius 2 is 2.15 bits per heavy atom. The van der Waals surface area contributed by atoms with E-state index in [0.717, 1.165) is 6.42 Å². The third-order valence-corrected chi connectivity index (χ3v) is 4.30. The lowest BCUT2D eigenvalue weighted by Crippen LogP contribution is -2.42. The van der Waals surface area contributed by atoms with E-state index in [0.29, 0.717) is 41.3 Å². The first-order chi connectivity index (χ1) is 13.1. The molecule has 0 aliphatic rings.